The molecule has 0 spiro atoms. The number of nitrogens with two attached hydrogens (primary N) is 1. The zero-order valence-electron chi connectivity index (χ0n) is 9.54. The van der Waals surface area contributed by atoms with E-state index >= 15 is 0 Å². The maximum atomic E-state index is 12.5. The molecule has 5 nitrogen and oxygen atoms in total. The van der Waals surface area contributed by atoms with Crippen molar-refractivity contribution in [1.29, 1.82) is 0 Å². The SMILES string of the molecule is CCC(CCO)NCC(C(N)=NO)C(F)(F)F. The van der Waals surface area contributed by atoms with E-state index in [2.05, 4.69) is 10.5 Å². The number of amidine groups is 1. The number of aliphatic hydroxyl groups is 1. The van der Waals surface area contributed by atoms with Crippen molar-refractivity contribution < 1.29 is 23.5 Å². The van der Waals surface area contributed by atoms with Gasteiger partial charge >= 0.3 is 6.18 Å². The van der Waals surface area contributed by atoms with E-state index in [9.17, 15) is 13.2 Å². The number of nitrogens with one attached hydrogen (secondary N) is 1. The van der Waals surface area contributed by atoms with Crippen LogP contribution in [0.4, 0.5) is 13.2 Å². The quantitative estimate of drug-likeness (QED) is 0.233. The average molecular weight is 257 g/mol. The van der Waals surface area contributed by atoms with Gasteiger partial charge in [0.25, 0.3) is 0 Å². The molecule has 0 aliphatic rings. The third-order valence-electron chi connectivity index (χ3n) is 2.45. The fourth-order valence-electron chi connectivity index (χ4n) is 1.35. The second-order valence-electron chi connectivity index (χ2n) is 3.64. The molecule has 0 radical (unpaired) electrons. The molecule has 0 amide bonds. The number of alkyl halides is 3. The van der Waals surface area contributed by atoms with Crippen LogP contribution in [0.25, 0.3) is 0 Å². The van der Waals surface area contributed by atoms with E-state index < -0.39 is 24.5 Å². The number of nitrogens with zero attached hydrogens (tertiary/aromatic N) is 1. The van der Waals surface area contributed by atoms with E-state index in [1.807, 2.05) is 0 Å². The first kappa shape index (κ1) is 16.0. The monoisotopic (exact) mass is 257 g/mol. The van der Waals surface area contributed by atoms with E-state index in [0.29, 0.717) is 12.8 Å². The lowest BCUT2D eigenvalue weighted by atomic mass is 10.1. The van der Waals surface area contributed by atoms with Crippen molar-refractivity contribution >= 4 is 5.84 Å². The Bertz CT molecular complexity index is 246. The molecule has 0 aromatic rings. The minimum absolute atomic E-state index is 0.105. The predicted molar refractivity (Wildman–Crippen MR) is 56.7 cm³/mol. The topological polar surface area (TPSA) is 90.9 Å². The highest BCUT2D eigenvalue weighted by Crippen LogP contribution is 2.26. The second kappa shape index (κ2) is 7.33. The molecule has 0 heterocycles. The predicted octanol–water partition coefficient (Wildman–Crippen LogP) is 0.662. The van der Waals surface area contributed by atoms with Gasteiger partial charge in [0.15, 0.2) is 5.84 Å². The van der Waals surface area contributed by atoms with Crippen molar-refractivity contribution in [3.8, 4) is 0 Å². The summed E-state index contributed by atoms with van der Waals surface area (Å²) in [6.45, 7) is 1.21. The first-order chi connectivity index (χ1) is 7.86. The summed E-state index contributed by atoms with van der Waals surface area (Å²) in [6.07, 6.45) is -3.63. The van der Waals surface area contributed by atoms with Gasteiger partial charge in [0.2, 0.25) is 0 Å². The van der Waals surface area contributed by atoms with Crippen LogP contribution in [0.15, 0.2) is 5.16 Å². The Morgan fingerprint density at radius 3 is 2.41 bits per heavy atom. The fraction of sp³-hybridized carbons (Fsp3) is 0.889. The third kappa shape index (κ3) is 5.73. The zero-order valence-corrected chi connectivity index (χ0v) is 9.54. The van der Waals surface area contributed by atoms with Gasteiger partial charge in [-0.15, -0.1) is 0 Å². The van der Waals surface area contributed by atoms with Gasteiger partial charge in [-0.2, -0.15) is 13.2 Å². The molecule has 2 atom stereocenters. The van der Waals surface area contributed by atoms with Gasteiger partial charge in [-0.25, -0.2) is 0 Å². The van der Waals surface area contributed by atoms with Gasteiger partial charge < -0.3 is 21.4 Å². The molecule has 0 aromatic heterocycles. The Morgan fingerprint density at radius 1 is 1.47 bits per heavy atom. The molecule has 0 fully saturated rings. The van der Waals surface area contributed by atoms with Crippen LogP contribution in [0.1, 0.15) is 19.8 Å². The van der Waals surface area contributed by atoms with Crippen LogP contribution in [0.5, 0.6) is 0 Å². The lowest BCUT2D eigenvalue weighted by Gasteiger charge is -2.22. The minimum atomic E-state index is -4.57. The van der Waals surface area contributed by atoms with Crippen LogP contribution in [0.2, 0.25) is 0 Å². The van der Waals surface area contributed by atoms with Gasteiger partial charge in [-0.3, -0.25) is 0 Å². The third-order valence-corrected chi connectivity index (χ3v) is 2.45. The molecular weight excluding hydrogens is 239 g/mol. The van der Waals surface area contributed by atoms with Crippen molar-refractivity contribution in [1.82, 2.24) is 5.32 Å². The Hall–Kier alpha value is -1.02. The molecule has 0 saturated carbocycles. The Balaban J connectivity index is 4.46. The smallest absolute Gasteiger partial charge is 0.400 e. The van der Waals surface area contributed by atoms with Crippen molar-refractivity contribution in [2.24, 2.45) is 16.8 Å². The summed E-state index contributed by atoms with van der Waals surface area (Å²) >= 11 is 0. The summed E-state index contributed by atoms with van der Waals surface area (Å²) in [5, 5.41) is 22.0. The van der Waals surface area contributed by atoms with Crippen molar-refractivity contribution in [3.05, 3.63) is 0 Å². The average Bonchev–Trinajstić information content (AvgIpc) is 2.25. The van der Waals surface area contributed by atoms with Crippen LogP contribution in [0.3, 0.4) is 0 Å². The summed E-state index contributed by atoms with van der Waals surface area (Å²) in [6, 6.07) is -0.226. The van der Waals surface area contributed by atoms with Gasteiger partial charge in [-0.1, -0.05) is 12.1 Å². The molecule has 8 heteroatoms. The fourth-order valence-corrected chi connectivity index (χ4v) is 1.35. The van der Waals surface area contributed by atoms with E-state index in [1.54, 1.807) is 6.92 Å². The van der Waals surface area contributed by atoms with Crippen molar-refractivity contribution in [3.63, 3.8) is 0 Å². The number of oxime groups is 1. The standard InChI is InChI=1S/C9H18F3N3O2/c1-2-6(3-4-16)14-5-7(8(13)15-17)9(10,11)12/h6-7,14,16-17H,2-5H2,1H3,(H2,13,15). The highest BCUT2D eigenvalue weighted by Gasteiger charge is 2.42. The van der Waals surface area contributed by atoms with E-state index in [4.69, 9.17) is 16.0 Å². The second-order valence-corrected chi connectivity index (χ2v) is 3.64. The molecule has 5 N–H and O–H groups in total. The maximum Gasteiger partial charge on any atom is 0.400 e. The van der Waals surface area contributed by atoms with Crippen LogP contribution in [-0.4, -0.2) is 41.5 Å². The highest BCUT2D eigenvalue weighted by molar-refractivity contribution is 5.83. The molecule has 17 heavy (non-hydrogen) atoms. The molecule has 0 rings (SSSR count). The van der Waals surface area contributed by atoms with Crippen LogP contribution >= 0.6 is 0 Å². The van der Waals surface area contributed by atoms with Gasteiger partial charge in [0.05, 0.1) is 0 Å². The summed E-state index contributed by atoms with van der Waals surface area (Å²) in [5.41, 5.74) is 5.00. The highest BCUT2D eigenvalue weighted by atomic mass is 19.4. The summed E-state index contributed by atoms with van der Waals surface area (Å²) in [7, 11) is 0. The van der Waals surface area contributed by atoms with Crippen molar-refractivity contribution in [2.75, 3.05) is 13.2 Å². The molecule has 0 aliphatic carbocycles. The molecule has 0 aliphatic heterocycles. The first-order valence-electron chi connectivity index (χ1n) is 5.25. The minimum Gasteiger partial charge on any atom is -0.409 e. The van der Waals surface area contributed by atoms with Crippen LogP contribution < -0.4 is 11.1 Å². The lowest BCUT2D eigenvalue weighted by Crippen LogP contribution is -2.45. The molecular formula is C9H18F3N3O2. The maximum absolute atomic E-state index is 12.5. The number of rotatable bonds is 7. The van der Waals surface area contributed by atoms with Crippen molar-refractivity contribution in [2.45, 2.75) is 32.0 Å². The first-order valence-corrected chi connectivity index (χ1v) is 5.25. The summed E-state index contributed by atoms with van der Waals surface area (Å²) in [4.78, 5) is 0. The summed E-state index contributed by atoms with van der Waals surface area (Å²) < 4.78 is 37.6. The molecule has 0 saturated heterocycles. The Labute approximate surface area is 97.5 Å². The van der Waals surface area contributed by atoms with Gasteiger partial charge in [0, 0.05) is 19.2 Å². The number of hydrogen-bond donors (Lipinski definition) is 4. The largest absolute Gasteiger partial charge is 0.409 e. The van der Waals surface area contributed by atoms with Gasteiger partial charge in [0.1, 0.15) is 5.92 Å². The number of halogens is 3. The number of hydrogen-bond acceptors (Lipinski definition) is 4. The Morgan fingerprint density at radius 2 is 2.06 bits per heavy atom. The molecule has 0 aromatic carbocycles. The van der Waals surface area contributed by atoms with Crippen LogP contribution in [-0.2, 0) is 0 Å². The van der Waals surface area contributed by atoms with Gasteiger partial charge in [-0.05, 0) is 12.8 Å². The lowest BCUT2D eigenvalue weighted by molar-refractivity contribution is -0.155. The molecule has 0 bridgehead atoms. The Kier molecular flexibility index (Phi) is 6.89. The number of aliphatic hydroxyl groups excluding tert-OH is 1. The van der Waals surface area contributed by atoms with E-state index in [-0.39, 0.29) is 12.6 Å². The summed E-state index contributed by atoms with van der Waals surface area (Å²) in [5.74, 6) is -2.90. The normalized spacial score (nSPS) is 16.9. The zero-order chi connectivity index (χ0) is 13.5. The van der Waals surface area contributed by atoms with E-state index in [1.165, 1.54) is 0 Å². The van der Waals surface area contributed by atoms with E-state index in [0.717, 1.165) is 0 Å². The van der Waals surface area contributed by atoms with Crippen LogP contribution in [0, 0.1) is 5.92 Å². The molecule has 2 unspecified atom stereocenters. The molecule has 102 valence electrons.